The van der Waals surface area contributed by atoms with Gasteiger partial charge in [-0.1, -0.05) is 0 Å². The van der Waals surface area contributed by atoms with Crippen LogP contribution in [0.4, 0.5) is 30.7 Å². The van der Waals surface area contributed by atoms with Crippen molar-refractivity contribution in [1.82, 2.24) is 10.3 Å². The van der Waals surface area contributed by atoms with E-state index in [2.05, 4.69) is 5.10 Å². The average Bonchev–Trinajstić information content (AvgIpc) is 3.08. The first kappa shape index (κ1) is 24.0. The minimum atomic E-state index is -6.64. The zero-order valence-corrected chi connectivity index (χ0v) is 16.6. The van der Waals surface area contributed by atoms with Crippen LogP contribution in [0.15, 0.2) is 9.52 Å². The fourth-order valence-corrected chi connectivity index (χ4v) is 3.40. The largest absolute Gasteiger partial charge is 0.460 e. The van der Waals surface area contributed by atoms with Gasteiger partial charge in [0.25, 0.3) is 5.91 Å². The molecule has 2 aliphatic rings. The molecule has 2 heterocycles. The van der Waals surface area contributed by atoms with Gasteiger partial charge in [0.1, 0.15) is 5.76 Å². The third-order valence-electron chi connectivity index (χ3n) is 5.15. The number of ether oxygens (including phenoxy) is 1. The Bertz CT molecular complexity index is 934. The average molecular weight is 473 g/mol. The lowest BCUT2D eigenvalue weighted by Gasteiger charge is -2.26. The number of rotatable bonds is 4. The summed E-state index contributed by atoms with van der Waals surface area (Å²) in [6.45, 7) is 2.80. The van der Waals surface area contributed by atoms with Crippen LogP contribution < -0.4 is 5.43 Å². The minimum absolute atomic E-state index is 0.0354. The number of carbonyl (C=O) groups is 2. The van der Waals surface area contributed by atoms with Gasteiger partial charge in [-0.15, -0.1) is 0 Å². The van der Waals surface area contributed by atoms with Gasteiger partial charge in [-0.05, 0) is 19.8 Å². The highest BCUT2D eigenvalue weighted by molar-refractivity contribution is 6.06. The van der Waals surface area contributed by atoms with Gasteiger partial charge >= 0.3 is 23.9 Å². The van der Waals surface area contributed by atoms with Crippen molar-refractivity contribution in [3.05, 3.63) is 22.6 Å². The molecular formula is C18H18F7N3O4. The van der Waals surface area contributed by atoms with Crippen molar-refractivity contribution in [2.45, 2.75) is 44.2 Å². The molecule has 0 bridgehead atoms. The van der Waals surface area contributed by atoms with Crippen LogP contribution in [-0.2, 0) is 16.0 Å². The smallest absolute Gasteiger partial charge is 0.455 e. The summed E-state index contributed by atoms with van der Waals surface area (Å²) in [5.74, 6) is -15.8. The van der Waals surface area contributed by atoms with Gasteiger partial charge in [-0.3, -0.25) is 9.59 Å². The molecule has 0 unspecified atom stereocenters. The Kier molecular flexibility index (Phi) is 6.28. The number of hydrazone groups is 1. The van der Waals surface area contributed by atoms with Crippen molar-refractivity contribution >= 4 is 17.5 Å². The summed E-state index contributed by atoms with van der Waals surface area (Å²) in [6, 6.07) is 0. The summed E-state index contributed by atoms with van der Waals surface area (Å²) >= 11 is 0. The van der Waals surface area contributed by atoms with E-state index in [-0.39, 0.29) is 34.8 Å². The number of hydrogen-bond acceptors (Lipinski definition) is 5. The van der Waals surface area contributed by atoms with E-state index in [4.69, 9.17) is 9.15 Å². The number of aryl methyl sites for hydroxylation is 1. The number of furan rings is 1. The lowest BCUT2D eigenvalue weighted by atomic mass is 9.93. The maximum absolute atomic E-state index is 13.5. The number of carbonyl (C=O) groups excluding carboxylic acids is 2. The molecule has 32 heavy (non-hydrogen) atoms. The topological polar surface area (TPSA) is 84.1 Å². The van der Waals surface area contributed by atoms with Crippen molar-refractivity contribution in [3.8, 4) is 0 Å². The standard InChI is InChI=1S/C18H18F7N3O4/c1-9-12-10(26-27-15(30)16(19,20)17(21,22)18(23,24)25)3-2-4-11(12)32-13(9)14(29)28-5-7-31-8-6-28/h2-8H2,1H3,(H,27,30)/b26-10+. The molecule has 0 radical (unpaired) electrons. The summed E-state index contributed by atoms with van der Waals surface area (Å²) in [4.78, 5) is 25.7. The Hall–Kier alpha value is -2.64. The van der Waals surface area contributed by atoms with E-state index in [1.165, 1.54) is 11.8 Å². The number of nitrogens with zero attached hydrogens (tertiary/aromatic N) is 2. The van der Waals surface area contributed by atoms with E-state index < -0.39 is 29.8 Å². The number of halogens is 7. The molecule has 1 aromatic rings. The molecule has 0 aromatic carbocycles. The number of nitrogens with one attached hydrogen (secondary N) is 1. The number of hydrogen-bond donors (Lipinski definition) is 1. The second-order valence-electron chi connectivity index (χ2n) is 7.26. The molecule has 178 valence electrons. The normalized spacial score (nSPS) is 19.1. The second kappa shape index (κ2) is 8.37. The van der Waals surface area contributed by atoms with Crippen LogP contribution in [0.2, 0.25) is 0 Å². The highest BCUT2D eigenvalue weighted by atomic mass is 19.4. The number of alkyl halides is 7. The van der Waals surface area contributed by atoms with Crippen molar-refractivity contribution in [1.29, 1.82) is 0 Å². The highest BCUT2D eigenvalue weighted by Crippen LogP contribution is 2.46. The predicted octanol–water partition coefficient (Wildman–Crippen LogP) is 3.05. The van der Waals surface area contributed by atoms with Gasteiger partial charge in [0.2, 0.25) is 0 Å². The first-order valence-electron chi connectivity index (χ1n) is 9.48. The van der Waals surface area contributed by atoms with Crippen LogP contribution in [0.5, 0.6) is 0 Å². The number of fused-ring (bicyclic) bond motifs is 1. The van der Waals surface area contributed by atoms with Gasteiger partial charge < -0.3 is 14.1 Å². The van der Waals surface area contributed by atoms with Crippen LogP contribution in [0, 0.1) is 6.92 Å². The van der Waals surface area contributed by atoms with Crippen LogP contribution in [0.25, 0.3) is 0 Å². The van der Waals surface area contributed by atoms with E-state index in [9.17, 15) is 40.3 Å². The van der Waals surface area contributed by atoms with E-state index >= 15 is 0 Å². The molecule has 7 nitrogen and oxygen atoms in total. The van der Waals surface area contributed by atoms with Crippen molar-refractivity contribution in [2.75, 3.05) is 26.3 Å². The third-order valence-corrected chi connectivity index (χ3v) is 5.15. The molecule has 2 amide bonds. The highest BCUT2D eigenvalue weighted by Gasteiger charge is 2.76. The molecule has 1 aromatic heterocycles. The molecule has 0 atom stereocenters. The summed E-state index contributed by atoms with van der Waals surface area (Å²) in [5, 5.41) is 3.36. The minimum Gasteiger partial charge on any atom is -0.455 e. The summed E-state index contributed by atoms with van der Waals surface area (Å²) < 4.78 is 101. The number of amides is 2. The van der Waals surface area contributed by atoms with Crippen molar-refractivity contribution < 1.29 is 49.5 Å². The fraction of sp³-hybridized carbons (Fsp3) is 0.611. The van der Waals surface area contributed by atoms with Crippen molar-refractivity contribution in [3.63, 3.8) is 0 Å². The lowest BCUT2D eigenvalue weighted by molar-refractivity contribution is -0.344. The lowest BCUT2D eigenvalue weighted by Crippen LogP contribution is -2.58. The van der Waals surface area contributed by atoms with Crippen LogP contribution in [0.1, 0.15) is 40.3 Å². The zero-order chi connectivity index (χ0) is 23.9. The van der Waals surface area contributed by atoms with E-state index in [0.29, 0.717) is 39.1 Å². The maximum Gasteiger partial charge on any atom is 0.460 e. The van der Waals surface area contributed by atoms with Gasteiger partial charge in [0.05, 0.1) is 18.9 Å². The SMILES string of the molecule is Cc1c(C(=O)N2CCOCC2)oc2c1/C(=N/NC(=O)C(F)(F)C(F)(F)C(F)(F)F)CCC2. The third kappa shape index (κ3) is 4.07. The monoisotopic (exact) mass is 473 g/mol. The van der Waals surface area contributed by atoms with Crippen LogP contribution >= 0.6 is 0 Å². The second-order valence-corrected chi connectivity index (χ2v) is 7.26. The molecule has 0 spiro atoms. The maximum atomic E-state index is 13.5. The fourth-order valence-electron chi connectivity index (χ4n) is 3.40. The van der Waals surface area contributed by atoms with Crippen molar-refractivity contribution in [2.24, 2.45) is 5.10 Å². The molecular weight excluding hydrogens is 455 g/mol. The van der Waals surface area contributed by atoms with Gasteiger partial charge in [-0.25, -0.2) is 5.43 Å². The molecule has 0 saturated carbocycles. The summed E-state index contributed by atoms with van der Waals surface area (Å²) in [6.07, 6.45) is -5.86. The van der Waals surface area contributed by atoms with E-state index in [0.717, 1.165) is 5.43 Å². The summed E-state index contributed by atoms with van der Waals surface area (Å²) in [5.41, 5.74) is 1.54. The molecule has 1 aliphatic carbocycles. The quantitative estimate of drug-likeness (QED) is 0.538. The first-order chi connectivity index (χ1) is 14.8. The Balaban J connectivity index is 1.85. The number of morpholine rings is 1. The molecule has 1 N–H and O–H groups in total. The molecule has 1 fully saturated rings. The first-order valence-corrected chi connectivity index (χ1v) is 9.48. The predicted molar refractivity (Wildman–Crippen MR) is 93.7 cm³/mol. The van der Waals surface area contributed by atoms with Gasteiger partial charge in [-0.2, -0.15) is 35.8 Å². The molecule has 3 rings (SSSR count). The molecule has 14 heteroatoms. The van der Waals surface area contributed by atoms with Crippen LogP contribution in [0.3, 0.4) is 0 Å². The van der Waals surface area contributed by atoms with Gasteiger partial charge in [0, 0.05) is 30.6 Å². The Morgan fingerprint density at radius 2 is 1.66 bits per heavy atom. The Morgan fingerprint density at radius 1 is 1.03 bits per heavy atom. The van der Waals surface area contributed by atoms with E-state index in [1.54, 1.807) is 0 Å². The Labute approximate surface area is 176 Å². The molecule has 1 aliphatic heterocycles. The molecule has 1 saturated heterocycles. The van der Waals surface area contributed by atoms with Crippen LogP contribution in [-0.4, -0.2) is 66.8 Å². The van der Waals surface area contributed by atoms with Gasteiger partial charge in [0.15, 0.2) is 5.76 Å². The Morgan fingerprint density at radius 3 is 2.25 bits per heavy atom. The zero-order valence-electron chi connectivity index (χ0n) is 16.6. The van der Waals surface area contributed by atoms with E-state index in [1.807, 2.05) is 0 Å². The summed E-state index contributed by atoms with van der Waals surface area (Å²) in [7, 11) is 0.